The SMILES string of the molecule is CNCc1cn(CCN2CCCCCC2)nn1. The second-order valence-corrected chi connectivity index (χ2v) is 4.76. The lowest BCUT2D eigenvalue weighted by Crippen LogP contribution is -2.28. The molecule has 5 nitrogen and oxygen atoms in total. The summed E-state index contributed by atoms with van der Waals surface area (Å²) < 4.78 is 1.96. The fourth-order valence-corrected chi connectivity index (χ4v) is 2.31. The summed E-state index contributed by atoms with van der Waals surface area (Å²) in [4.78, 5) is 2.55. The van der Waals surface area contributed by atoms with Crippen LogP contribution in [0.4, 0.5) is 0 Å². The van der Waals surface area contributed by atoms with Gasteiger partial charge in [0.25, 0.3) is 0 Å². The summed E-state index contributed by atoms with van der Waals surface area (Å²) in [5, 5.41) is 11.3. The second-order valence-electron chi connectivity index (χ2n) is 4.76. The van der Waals surface area contributed by atoms with E-state index in [1.54, 1.807) is 0 Å². The molecule has 0 saturated carbocycles. The Balaban J connectivity index is 1.75. The van der Waals surface area contributed by atoms with Crippen LogP contribution in [0.15, 0.2) is 6.20 Å². The maximum Gasteiger partial charge on any atom is 0.0964 e. The van der Waals surface area contributed by atoms with E-state index in [9.17, 15) is 0 Å². The van der Waals surface area contributed by atoms with Gasteiger partial charge in [-0.25, -0.2) is 0 Å². The van der Waals surface area contributed by atoms with Crippen molar-refractivity contribution in [3.63, 3.8) is 0 Å². The van der Waals surface area contributed by atoms with E-state index in [1.807, 2.05) is 17.9 Å². The third kappa shape index (κ3) is 4.09. The van der Waals surface area contributed by atoms with Crippen molar-refractivity contribution in [1.29, 1.82) is 0 Å². The summed E-state index contributed by atoms with van der Waals surface area (Å²) >= 11 is 0. The standard InChI is InChI=1S/C12H23N5/c1-13-10-12-11-17(15-14-12)9-8-16-6-4-2-3-5-7-16/h11,13H,2-10H2,1H3. The van der Waals surface area contributed by atoms with E-state index in [-0.39, 0.29) is 0 Å². The van der Waals surface area contributed by atoms with E-state index in [1.165, 1.54) is 38.8 Å². The minimum Gasteiger partial charge on any atom is -0.314 e. The summed E-state index contributed by atoms with van der Waals surface area (Å²) in [6.45, 7) is 5.35. The van der Waals surface area contributed by atoms with Crippen LogP contribution in [-0.4, -0.2) is 46.6 Å². The first-order chi connectivity index (χ1) is 8.38. The van der Waals surface area contributed by atoms with Gasteiger partial charge in [0.15, 0.2) is 0 Å². The molecule has 0 bridgehead atoms. The van der Waals surface area contributed by atoms with Crippen LogP contribution in [0.25, 0.3) is 0 Å². The molecule has 0 unspecified atom stereocenters. The molecule has 0 amide bonds. The van der Waals surface area contributed by atoms with Crippen LogP contribution in [0.3, 0.4) is 0 Å². The predicted octanol–water partition coefficient (Wildman–Crippen LogP) is 0.873. The van der Waals surface area contributed by atoms with E-state index >= 15 is 0 Å². The first kappa shape index (κ1) is 12.5. The van der Waals surface area contributed by atoms with Gasteiger partial charge in [0.2, 0.25) is 0 Å². The Bertz CT molecular complexity index is 314. The summed E-state index contributed by atoms with van der Waals surface area (Å²) in [6, 6.07) is 0. The fraction of sp³-hybridized carbons (Fsp3) is 0.833. The highest BCUT2D eigenvalue weighted by molar-refractivity contribution is 4.91. The van der Waals surface area contributed by atoms with Gasteiger partial charge in [0, 0.05) is 19.3 Å². The van der Waals surface area contributed by atoms with Crippen molar-refractivity contribution < 1.29 is 0 Å². The number of aromatic nitrogens is 3. The lowest BCUT2D eigenvalue weighted by atomic mass is 10.2. The van der Waals surface area contributed by atoms with Crippen molar-refractivity contribution in [3.05, 3.63) is 11.9 Å². The fourth-order valence-electron chi connectivity index (χ4n) is 2.31. The van der Waals surface area contributed by atoms with Gasteiger partial charge in [0.1, 0.15) is 0 Å². The van der Waals surface area contributed by atoms with E-state index in [0.29, 0.717) is 0 Å². The van der Waals surface area contributed by atoms with E-state index in [4.69, 9.17) is 0 Å². The van der Waals surface area contributed by atoms with Crippen molar-refractivity contribution in [1.82, 2.24) is 25.2 Å². The molecule has 1 saturated heterocycles. The van der Waals surface area contributed by atoms with Gasteiger partial charge in [-0.05, 0) is 33.0 Å². The molecular formula is C12H23N5. The van der Waals surface area contributed by atoms with Crippen molar-refractivity contribution in [2.24, 2.45) is 0 Å². The zero-order valence-corrected chi connectivity index (χ0v) is 10.7. The average molecular weight is 237 g/mol. The van der Waals surface area contributed by atoms with Crippen LogP contribution < -0.4 is 5.32 Å². The Labute approximate surface area is 103 Å². The van der Waals surface area contributed by atoms with Gasteiger partial charge >= 0.3 is 0 Å². The maximum absolute atomic E-state index is 4.14. The highest BCUT2D eigenvalue weighted by Crippen LogP contribution is 2.09. The summed E-state index contributed by atoms with van der Waals surface area (Å²) in [6.07, 6.45) is 7.53. The van der Waals surface area contributed by atoms with E-state index < -0.39 is 0 Å². The third-order valence-corrected chi connectivity index (χ3v) is 3.29. The molecule has 0 aromatic carbocycles. The lowest BCUT2D eigenvalue weighted by molar-refractivity contribution is 0.267. The van der Waals surface area contributed by atoms with Gasteiger partial charge < -0.3 is 10.2 Å². The molecule has 0 atom stereocenters. The molecule has 1 aliphatic rings. The van der Waals surface area contributed by atoms with Crippen molar-refractivity contribution in [3.8, 4) is 0 Å². The van der Waals surface area contributed by atoms with Crippen LogP contribution in [0, 0.1) is 0 Å². The number of nitrogens with zero attached hydrogens (tertiary/aromatic N) is 4. The molecule has 1 aliphatic heterocycles. The first-order valence-corrected chi connectivity index (χ1v) is 6.64. The second kappa shape index (κ2) is 6.71. The van der Waals surface area contributed by atoms with E-state index in [0.717, 1.165) is 25.3 Å². The van der Waals surface area contributed by atoms with Gasteiger partial charge in [-0.2, -0.15) is 0 Å². The monoisotopic (exact) mass is 237 g/mol. The molecule has 0 aliphatic carbocycles. The molecule has 1 N–H and O–H groups in total. The van der Waals surface area contributed by atoms with Crippen molar-refractivity contribution in [2.75, 3.05) is 26.7 Å². The van der Waals surface area contributed by atoms with Crippen LogP contribution in [-0.2, 0) is 13.1 Å². The van der Waals surface area contributed by atoms with Gasteiger partial charge in [-0.3, -0.25) is 4.68 Å². The number of nitrogens with one attached hydrogen (secondary N) is 1. The Morgan fingerprint density at radius 3 is 2.65 bits per heavy atom. The molecule has 0 spiro atoms. The molecule has 2 heterocycles. The Morgan fingerprint density at radius 1 is 1.18 bits per heavy atom. The number of hydrogen-bond donors (Lipinski definition) is 1. The maximum atomic E-state index is 4.14. The number of rotatable bonds is 5. The van der Waals surface area contributed by atoms with Crippen LogP contribution in [0.1, 0.15) is 31.4 Å². The normalized spacial score (nSPS) is 18.2. The largest absolute Gasteiger partial charge is 0.314 e. The predicted molar refractivity (Wildman–Crippen MR) is 67.7 cm³/mol. The molecule has 2 rings (SSSR count). The summed E-state index contributed by atoms with van der Waals surface area (Å²) in [7, 11) is 1.93. The zero-order valence-electron chi connectivity index (χ0n) is 10.7. The van der Waals surface area contributed by atoms with Crippen LogP contribution >= 0.6 is 0 Å². The van der Waals surface area contributed by atoms with Crippen LogP contribution in [0.2, 0.25) is 0 Å². The van der Waals surface area contributed by atoms with Gasteiger partial charge in [0.05, 0.1) is 12.2 Å². The topological polar surface area (TPSA) is 46.0 Å². The molecule has 96 valence electrons. The lowest BCUT2D eigenvalue weighted by Gasteiger charge is -2.19. The Hall–Kier alpha value is -0.940. The Morgan fingerprint density at radius 2 is 1.94 bits per heavy atom. The number of likely N-dealkylation sites (tertiary alicyclic amines) is 1. The molecular weight excluding hydrogens is 214 g/mol. The van der Waals surface area contributed by atoms with Gasteiger partial charge in [-0.15, -0.1) is 5.10 Å². The smallest absolute Gasteiger partial charge is 0.0964 e. The highest BCUT2D eigenvalue weighted by Gasteiger charge is 2.09. The highest BCUT2D eigenvalue weighted by atomic mass is 15.4. The van der Waals surface area contributed by atoms with E-state index in [2.05, 4.69) is 20.5 Å². The first-order valence-electron chi connectivity index (χ1n) is 6.64. The summed E-state index contributed by atoms with van der Waals surface area (Å²) in [5.74, 6) is 0. The summed E-state index contributed by atoms with van der Waals surface area (Å²) in [5.41, 5.74) is 1.02. The average Bonchev–Trinajstić information content (AvgIpc) is 2.63. The van der Waals surface area contributed by atoms with Crippen molar-refractivity contribution in [2.45, 2.75) is 38.8 Å². The van der Waals surface area contributed by atoms with Gasteiger partial charge in [-0.1, -0.05) is 18.1 Å². The molecule has 17 heavy (non-hydrogen) atoms. The quantitative estimate of drug-likeness (QED) is 0.825. The third-order valence-electron chi connectivity index (χ3n) is 3.29. The van der Waals surface area contributed by atoms with Crippen molar-refractivity contribution >= 4 is 0 Å². The molecule has 1 aromatic rings. The number of hydrogen-bond acceptors (Lipinski definition) is 4. The molecule has 1 fully saturated rings. The molecule has 1 aromatic heterocycles. The molecule has 0 radical (unpaired) electrons. The minimum atomic E-state index is 0.795. The molecule has 5 heteroatoms. The minimum absolute atomic E-state index is 0.795. The Kier molecular flexibility index (Phi) is 4.94. The van der Waals surface area contributed by atoms with Crippen LogP contribution in [0.5, 0.6) is 0 Å². The zero-order chi connectivity index (χ0) is 11.9.